The summed E-state index contributed by atoms with van der Waals surface area (Å²) in [5, 5.41) is 17.0. The van der Waals surface area contributed by atoms with Crippen molar-refractivity contribution in [3.05, 3.63) is 98.6 Å². The number of halogens is 1. The van der Waals surface area contributed by atoms with Gasteiger partial charge in [-0.25, -0.2) is 10.1 Å². The van der Waals surface area contributed by atoms with Crippen molar-refractivity contribution >= 4 is 34.1 Å². The van der Waals surface area contributed by atoms with Crippen molar-refractivity contribution in [3.8, 4) is 6.07 Å². The first-order valence-corrected chi connectivity index (χ1v) is 11.5. The fraction of sp³-hybridized carbons (Fsp3) is 0.192. The number of aromatic amines is 1. The molecule has 0 unspecified atom stereocenters. The molecular weight excluding hydrogens is 464 g/mol. The van der Waals surface area contributed by atoms with Gasteiger partial charge in [0.2, 0.25) is 0 Å². The van der Waals surface area contributed by atoms with Crippen LogP contribution in [0.3, 0.4) is 0 Å². The first-order valence-electron chi connectivity index (χ1n) is 11.2. The smallest absolute Gasteiger partial charge is 0.272 e. The lowest BCUT2D eigenvalue weighted by Crippen LogP contribution is -2.49. The van der Waals surface area contributed by atoms with Crippen LogP contribution in [0.2, 0.25) is 5.02 Å². The van der Waals surface area contributed by atoms with Crippen LogP contribution in [0.4, 0.5) is 5.82 Å². The Morgan fingerprint density at radius 2 is 1.89 bits per heavy atom. The van der Waals surface area contributed by atoms with Crippen molar-refractivity contribution in [2.45, 2.75) is 6.42 Å². The number of nitrogens with one attached hydrogen (secondary N) is 1. The Morgan fingerprint density at radius 3 is 2.63 bits per heavy atom. The number of benzene rings is 2. The second-order valence-corrected chi connectivity index (χ2v) is 8.83. The Morgan fingerprint density at radius 1 is 1.06 bits per heavy atom. The van der Waals surface area contributed by atoms with E-state index in [1.807, 2.05) is 41.3 Å². The maximum absolute atomic E-state index is 13.2. The summed E-state index contributed by atoms with van der Waals surface area (Å²) in [6, 6.07) is 16.7. The quantitative estimate of drug-likeness (QED) is 0.476. The van der Waals surface area contributed by atoms with E-state index in [4.69, 9.17) is 16.9 Å². The average Bonchev–Trinajstić information content (AvgIpc) is 2.89. The van der Waals surface area contributed by atoms with Gasteiger partial charge in [0, 0.05) is 48.3 Å². The van der Waals surface area contributed by atoms with Crippen molar-refractivity contribution in [1.82, 2.24) is 20.1 Å². The third-order valence-electron chi connectivity index (χ3n) is 6.17. The second kappa shape index (κ2) is 9.57. The van der Waals surface area contributed by atoms with Gasteiger partial charge in [0.05, 0.1) is 17.1 Å². The Bertz CT molecular complexity index is 1500. The van der Waals surface area contributed by atoms with Crippen LogP contribution in [0, 0.1) is 11.3 Å². The normalized spacial score (nSPS) is 13.6. The lowest BCUT2D eigenvalue weighted by atomic mass is 9.98. The molecule has 1 aliphatic heterocycles. The van der Waals surface area contributed by atoms with Crippen LogP contribution >= 0.6 is 11.6 Å². The predicted octanol–water partition coefficient (Wildman–Crippen LogP) is 3.40. The number of rotatable bonds is 4. The third kappa shape index (κ3) is 4.72. The maximum Gasteiger partial charge on any atom is 0.272 e. The highest BCUT2D eigenvalue weighted by atomic mass is 35.5. The molecule has 8 nitrogen and oxygen atoms in total. The van der Waals surface area contributed by atoms with E-state index in [0.29, 0.717) is 54.1 Å². The second-order valence-electron chi connectivity index (χ2n) is 8.40. The molecule has 4 aromatic rings. The van der Waals surface area contributed by atoms with Crippen LogP contribution in [0.5, 0.6) is 0 Å². The predicted molar refractivity (Wildman–Crippen MR) is 134 cm³/mol. The minimum absolute atomic E-state index is 0.0200. The molecule has 0 saturated carbocycles. The molecule has 2 aromatic heterocycles. The van der Waals surface area contributed by atoms with E-state index in [0.717, 1.165) is 22.3 Å². The summed E-state index contributed by atoms with van der Waals surface area (Å²) < 4.78 is 0. The molecule has 2 aromatic carbocycles. The van der Waals surface area contributed by atoms with E-state index >= 15 is 0 Å². The number of hydrogen-bond donors (Lipinski definition) is 1. The van der Waals surface area contributed by atoms with Gasteiger partial charge in [-0.1, -0.05) is 23.7 Å². The zero-order valence-corrected chi connectivity index (χ0v) is 19.5. The number of H-pyrrole nitrogens is 1. The fourth-order valence-corrected chi connectivity index (χ4v) is 4.61. The number of fused-ring (bicyclic) bond motifs is 1. The zero-order chi connectivity index (χ0) is 24.4. The van der Waals surface area contributed by atoms with E-state index < -0.39 is 0 Å². The molecule has 0 atom stereocenters. The summed E-state index contributed by atoms with van der Waals surface area (Å²) in [5.41, 5.74) is 2.68. The highest BCUT2D eigenvalue weighted by Crippen LogP contribution is 2.24. The van der Waals surface area contributed by atoms with Crippen LogP contribution in [-0.2, 0) is 6.42 Å². The molecule has 0 aliphatic carbocycles. The Kier molecular flexibility index (Phi) is 6.17. The Balaban J connectivity index is 1.30. The molecule has 1 aliphatic rings. The number of carbonyl (C=O) groups is 1. The SMILES string of the molecule is N#Cc1ccc(N2CCN(C(=O)c3cccc(Cc4cc(Cl)cc5c(=O)[nH]ncc45)c3)CC2)nc1. The average molecular weight is 485 g/mol. The summed E-state index contributed by atoms with van der Waals surface area (Å²) in [4.78, 5) is 33.7. The minimum atomic E-state index is -0.287. The van der Waals surface area contributed by atoms with Crippen molar-refractivity contribution < 1.29 is 4.79 Å². The number of aromatic nitrogens is 3. The van der Waals surface area contributed by atoms with Gasteiger partial charge >= 0.3 is 0 Å². The van der Waals surface area contributed by atoms with Crippen molar-refractivity contribution in [2.24, 2.45) is 0 Å². The summed E-state index contributed by atoms with van der Waals surface area (Å²) in [5.74, 6) is 0.786. The van der Waals surface area contributed by atoms with Gasteiger partial charge in [-0.05, 0) is 53.9 Å². The number of carbonyl (C=O) groups excluding carboxylic acids is 1. The van der Waals surface area contributed by atoms with E-state index in [2.05, 4.69) is 26.2 Å². The zero-order valence-electron chi connectivity index (χ0n) is 18.7. The van der Waals surface area contributed by atoms with Crippen LogP contribution in [-0.4, -0.2) is 52.2 Å². The highest BCUT2D eigenvalue weighted by Gasteiger charge is 2.23. The van der Waals surface area contributed by atoms with Gasteiger partial charge in [0.25, 0.3) is 11.5 Å². The van der Waals surface area contributed by atoms with Gasteiger partial charge in [-0.2, -0.15) is 10.4 Å². The largest absolute Gasteiger partial charge is 0.353 e. The van der Waals surface area contributed by atoms with Gasteiger partial charge in [0.15, 0.2) is 0 Å². The van der Waals surface area contributed by atoms with E-state index in [1.165, 1.54) is 0 Å². The number of amides is 1. The minimum Gasteiger partial charge on any atom is -0.353 e. The number of hydrogen-bond acceptors (Lipinski definition) is 6. The van der Waals surface area contributed by atoms with Crippen molar-refractivity contribution in [2.75, 3.05) is 31.1 Å². The number of piperazine rings is 1. The van der Waals surface area contributed by atoms with Crippen molar-refractivity contribution in [1.29, 1.82) is 5.26 Å². The standard InChI is InChI=1S/C26H21ClN6O2/c27-21-12-20(23-16-30-31-25(34)22(23)13-21)11-17-2-1-3-19(10-17)26(35)33-8-6-32(7-9-33)24-5-4-18(14-28)15-29-24/h1-5,10,12-13,15-16H,6-9,11H2,(H,31,34). The van der Waals surface area contributed by atoms with E-state index in [1.54, 1.807) is 24.5 Å². The lowest BCUT2D eigenvalue weighted by molar-refractivity contribution is 0.0746. The Hall–Kier alpha value is -4.22. The molecule has 1 N–H and O–H groups in total. The molecule has 35 heavy (non-hydrogen) atoms. The van der Waals surface area contributed by atoms with Crippen molar-refractivity contribution in [3.63, 3.8) is 0 Å². The van der Waals surface area contributed by atoms with E-state index in [-0.39, 0.29) is 11.5 Å². The van der Waals surface area contributed by atoms with Crippen LogP contribution in [0.1, 0.15) is 27.0 Å². The molecule has 9 heteroatoms. The highest BCUT2D eigenvalue weighted by molar-refractivity contribution is 6.31. The van der Waals surface area contributed by atoms with Gasteiger partial charge in [-0.15, -0.1) is 0 Å². The van der Waals surface area contributed by atoms with Gasteiger partial charge in [0.1, 0.15) is 11.9 Å². The Labute approximate surface area is 206 Å². The molecule has 1 fully saturated rings. The van der Waals surface area contributed by atoms with Crippen LogP contribution in [0.25, 0.3) is 10.8 Å². The molecule has 1 amide bonds. The summed E-state index contributed by atoms with van der Waals surface area (Å²) in [6.45, 7) is 2.50. The van der Waals surface area contributed by atoms with Gasteiger partial charge in [-0.3, -0.25) is 9.59 Å². The summed E-state index contributed by atoms with van der Waals surface area (Å²) in [7, 11) is 0. The summed E-state index contributed by atoms with van der Waals surface area (Å²) >= 11 is 6.26. The van der Waals surface area contributed by atoms with Gasteiger partial charge < -0.3 is 9.80 Å². The first kappa shape index (κ1) is 22.6. The molecular formula is C26H21ClN6O2. The van der Waals surface area contributed by atoms with Crippen LogP contribution in [0.15, 0.2) is 65.7 Å². The molecule has 1 saturated heterocycles. The third-order valence-corrected chi connectivity index (χ3v) is 6.39. The molecule has 5 rings (SSSR count). The topological polar surface area (TPSA) is 106 Å². The fourth-order valence-electron chi connectivity index (χ4n) is 4.37. The monoisotopic (exact) mass is 484 g/mol. The number of nitrogens with zero attached hydrogens (tertiary/aromatic N) is 5. The number of nitriles is 1. The molecule has 3 heterocycles. The summed E-state index contributed by atoms with van der Waals surface area (Å²) in [6.07, 6.45) is 3.70. The lowest BCUT2D eigenvalue weighted by Gasteiger charge is -2.35. The molecule has 174 valence electrons. The van der Waals surface area contributed by atoms with E-state index in [9.17, 15) is 9.59 Å². The van der Waals surface area contributed by atoms with Crippen LogP contribution < -0.4 is 10.5 Å². The molecule has 0 radical (unpaired) electrons. The first-order chi connectivity index (χ1) is 17.0. The maximum atomic E-state index is 13.2. The number of anilines is 1. The molecule has 0 spiro atoms. The number of pyridine rings is 1. The molecule has 0 bridgehead atoms.